The Labute approximate surface area is 151 Å². The molecule has 3 aliphatic rings. The zero-order chi connectivity index (χ0) is 17.1. The zero-order valence-electron chi connectivity index (χ0n) is 15.2. The van der Waals surface area contributed by atoms with Crippen molar-refractivity contribution in [1.82, 2.24) is 0 Å². The number of nitrogens with two attached hydrogens (primary N) is 1. The smallest absolute Gasteiger partial charge is 0.119 e. The Balaban J connectivity index is 1.57. The summed E-state index contributed by atoms with van der Waals surface area (Å²) in [6.07, 6.45) is 10.5. The summed E-state index contributed by atoms with van der Waals surface area (Å²) in [7, 11) is 0. The molecule has 25 heavy (non-hydrogen) atoms. The standard InChI is InChI=1S/C21H32N2O2/c22-11-5-13-24-16-9-10-19-18(14-16)21-17(8-4-12-25-21)20(23-19)15-6-2-1-3-7-15/h9-10,14-15,17,20-21,23H,1-8,11-13,22H2/t17-,20?,21-/m0/s1. The number of benzene rings is 1. The van der Waals surface area contributed by atoms with Gasteiger partial charge >= 0.3 is 0 Å². The van der Waals surface area contributed by atoms with E-state index in [1.807, 2.05) is 0 Å². The maximum atomic E-state index is 6.29. The highest BCUT2D eigenvalue weighted by Gasteiger charge is 2.42. The molecule has 0 amide bonds. The molecular formula is C21H32N2O2. The molecule has 0 radical (unpaired) electrons. The molecule has 138 valence electrons. The maximum Gasteiger partial charge on any atom is 0.119 e. The minimum Gasteiger partial charge on any atom is -0.494 e. The van der Waals surface area contributed by atoms with E-state index in [0.29, 0.717) is 25.1 Å². The van der Waals surface area contributed by atoms with E-state index in [0.717, 1.165) is 24.7 Å². The SMILES string of the molecule is NCCCOc1ccc2c(c1)[C@H]1OCCC[C@H]1C(C1CCCCC1)N2. The van der Waals surface area contributed by atoms with Gasteiger partial charge in [0.2, 0.25) is 0 Å². The van der Waals surface area contributed by atoms with Gasteiger partial charge in [-0.15, -0.1) is 0 Å². The van der Waals surface area contributed by atoms with Crippen LogP contribution in [0.15, 0.2) is 18.2 Å². The Morgan fingerprint density at radius 2 is 2.00 bits per heavy atom. The fraction of sp³-hybridized carbons (Fsp3) is 0.714. The molecule has 0 spiro atoms. The van der Waals surface area contributed by atoms with E-state index in [1.165, 1.54) is 56.2 Å². The molecule has 1 saturated carbocycles. The van der Waals surface area contributed by atoms with Crippen LogP contribution in [0, 0.1) is 11.8 Å². The number of hydrogen-bond acceptors (Lipinski definition) is 4. The molecule has 4 heteroatoms. The third-order valence-electron chi connectivity index (χ3n) is 6.26. The molecule has 1 aliphatic carbocycles. The third kappa shape index (κ3) is 3.65. The van der Waals surface area contributed by atoms with Crippen molar-refractivity contribution in [2.75, 3.05) is 25.1 Å². The normalized spacial score (nSPS) is 29.4. The number of anilines is 1. The average molecular weight is 344 g/mol. The maximum absolute atomic E-state index is 6.29. The van der Waals surface area contributed by atoms with Crippen LogP contribution in [-0.2, 0) is 4.74 Å². The van der Waals surface area contributed by atoms with Crippen molar-refractivity contribution in [1.29, 1.82) is 0 Å². The van der Waals surface area contributed by atoms with Crippen molar-refractivity contribution < 1.29 is 9.47 Å². The van der Waals surface area contributed by atoms with Crippen LogP contribution in [0.5, 0.6) is 5.75 Å². The van der Waals surface area contributed by atoms with Crippen LogP contribution in [0.4, 0.5) is 5.69 Å². The molecule has 4 rings (SSSR count). The number of fused-ring (bicyclic) bond motifs is 3. The van der Waals surface area contributed by atoms with Crippen LogP contribution in [0.2, 0.25) is 0 Å². The van der Waals surface area contributed by atoms with Crippen LogP contribution < -0.4 is 15.8 Å². The van der Waals surface area contributed by atoms with Crippen molar-refractivity contribution in [3.05, 3.63) is 23.8 Å². The Hall–Kier alpha value is -1.26. The van der Waals surface area contributed by atoms with E-state index < -0.39 is 0 Å². The third-order valence-corrected chi connectivity index (χ3v) is 6.26. The van der Waals surface area contributed by atoms with Gasteiger partial charge in [-0.05, 0) is 62.8 Å². The summed E-state index contributed by atoms with van der Waals surface area (Å²) < 4.78 is 12.2. The molecule has 3 atom stereocenters. The lowest BCUT2D eigenvalue weighted by Crippen LogP contribution is -2.46. The quantitative estimate of drug-likeness (QED) is 0.784. The molecule has 2 fully saturated rings. The van der Waals surface area contributed by atoms with E-state index in [-0.39, 0.29) is 6.10 Å². The first-order valence-electron chi connectivity index (χ1n) is 10.2. The summed E-state index contributed by atoms with van der Waals surface area (Å²) in [5.41, 5.74) is 8.12. The number of rotatable bonds is 5. The Kier molecular flexibility index (Phi) is 5.47. The monoisotopic (exact) mass is 344 g/mol. The van der Waals surface area contributed by atoms with Crippen LogP contribution in [0.1, 0.15) is 63.0 Å². The molecule has 0 aromatic heterocycles. The first kappa shape index (κ1) is 17.2. The summed E-state index contributed by atoms with van der Waals surface area (Å²) in [5.74, 6) is 2.35. The van der Waals surface area contributed by atoms with E-state index >= 15 is 0 Å². The van der Waals surface area contributed by atoms with E-state index in [9.17, 15) is 0 Å². The van der Waals surface area contributed by atoms with E-state index in [1.54, 1.807) is 0 Å². The van der Waals surface area contributed by atoms with Gasteiger partial charge in [-0.25, -0.2) is 0 Å². The van der Waals surface area contributed by atoms with Gasteiger partial charge < -0.3 is 20.5 Å². The lowest BCUT2D eigenvalue weighted by molar-refractivity contribution is -0.0459. The van der Waals surface area contributed by atoms with Crippen molar-refractivity contribution in [2.24, 2.45) is 17.6 Å². The van der Waals surface area contributed by atoms with Gasteiger partial charge in [0.15, 0.2) is 0 Å². The van der Waals surface area contributed by atoms with E-state index in [2.05, 4.69) is 23.5 Å². The van der Waals surface area contributed by atoms with Crippen molar-refractivity contribution in [3.8, 4) is 5.75 Å². The largest absolute Gasteiger partial charge is 0.494 e. The van der Waals surface area contributed by atoms with Crippen LogP contribution in [0.25, 0.3) is 0 Å². The lowest BCUT2D eigenvalue weighted by atomic mass is 9.71. The van der Waals surface area contributed by atoms with Gasteiger partial charge in [0, 0.05) is 29.8 Å². The van der Waals surface area contributed by atoms with E-state index in [4.69, 9.17) is 15.2 Å². The van der Waals surface area contributed by atoms with Gasteiger partial charge in [0.1, 0.15) is 5.75 Å². The second-order valence-corrected chi connectivity index (χ2v) is 7.91. The second kappa shape index (κ2) is 7.96. The highest BCUT2D eigenvalue weighted by atomic mass is 16.5. The Bertz CT molecular complexity index is 571. The Morgan fingerprint density at radius 1 is 1.12 bits per heavy atom. The second-order valence-electron chi connectivity index (χ2n) is 7.91. The minimum absolute atomic E-state index is 0.231. The number of ether oxygens (including phenoxy) is 2. The van der Waals surface area contributed by atoms with Crippen LogP contribution in [0.3, 0.4) is 0 Å². The highest BCUT2D eigenvalue weighted by molar-refractivity contribution is 5.58. The van der Waals surface area contributed by atoms with Gasteiger partial charge in [0.05, 0.1) is 12.7 Å². The average Bonchev–Trinajstić information content (AvgIpc) is 2.68. The summed E-state index contributed by atoms with van der Waals surface area (Å²) in [6.45, 7) is 2.24. The first-order chi connectivity index (χ1) is 12.4. The number of nitrogens with one attached hydrogen (secondary N) is 1. The van der Waals surface area contributed by atoms with Crippen molar-refractivity contribution in [3.63, 3.8) is 0 Å². The van der Waals surface area contributed by atoms with Gasteiger partial charge in [-0.2, -0.15) is 0 Å². The summed E-state index contributed by atoms with van der Waals surface area (Å²) in [6, 6.07) is 7.04. The number of hydrogen-bond donors (Lipinski definition) is 2. The molecule has 2 aliphatic heterocycles. The molecule has 1 aromatic rings. The van der Waals surface area contributed by atoms with Crippen LogP contribution >= 0.6 is 0 Å². The Morgan fingerprint density at radius 3 is 2.84 bits per heavy atom. The summed E-state index contributed by atoms with van der Waals surface area (Å²) >= 11 is 0. The molecular weight excluding hydrogens is 312 g/mol. The fourth-order valence-corrected chi connectivity index (χ4v) is 5.01. The predicted octanol–water partition coefficient (Wildman–Crippen LogP) is 4.26. The molecule has 4 nitrogen and oxygen atoms in total. The van der Waals surface area contributed by atoms with Crippen molar-refractivity contribution in [2.45, 2.75) is 63.5 Å². The molecule has 1 saturated heterocycles. The summed E-state index contributed by atoms with van der Waals surface area (Å²) in [4.78, 5) is 0. The molecule has 1 aromatic carbocycles. The van der Waals surface area contributed by atoms with Gasteiger partial charge in [0.25, 0.3) is 0 Å². The molecule has 2 heterocycles. The predicted molar refractivity (Wildman–Crippen MR) is 101 cm³/mol. The van der Waals surface area contributed by atoms with Crippen LogP contribution in [-0.4, -0.2) is 25.8 Å². The highest BCUT2D eigenvalue weighted by Crippen LogP contribution is 2.48. The first-order valence-corrected chi connectivity index (χ1v) is 10.2. The lowest BCUT2D eigenvalue weighted by Gasteiger charge is -2.47. The zero-order valence-corrected chi connectivity index (χ0v) is 15.2. The molecule has 1 unspecified atom stereocenters. The topological polar surface area (TPSA) is 56.5 Å². The van der Waals surface area contributed by atoms with Crippen molar-refractivity contribution >= 4 is 5.69 Å². The summed E-state index contributed by atoms with van der Waals surface area (Å²) in [5, 5.41) is 3.90. The van der Waals surface area contributed by atoms with Gasteiger partial charge in [-0.1, -0.05) is 19.3 Å². The van der Waals surface area contributed by atoms with Gasteiger partial charge in [-0.3, -0.25) is 0 Å². The minimum atomic E-state index is 0.231. The molecule has 3 N–H and O–H groups in total. The molecule has 0 bridgehead atoms. The fourth-order valence-electron chi connectivity index (χ4n) is 5.01.